The van der Waals surface area contributed by atoms with Crippen LogP contribution in [0.1, 0.15) is 11.1 Å². The Labute approximate surface area is 152 Å². The summed E-state index contributed by atoms with van der Waals surface area (Å²) in [4.78, 5) is 4.42. The lowest BCUT2D eigenvalue weighted by atomic mass is 9.97. The number of aryl methyl sites for hydroxylation is 1. The molecule has 130 valence electrons. The first-order valence-electron chi connectivity index (χ1n) is 8.08. The molecule has 0 aliphatic carbocycles. The summed E-state index contributed by atoms with van der Waals surface area (Å²) in [5, 5.41) is 9.61. The number of nitriles is 1. The fraction of sp³-hybridized carbons (Fsp3) is 0.143. The monoisotopic (exact) mass is 345 g/mol. The van der Waals surface area contributed by atoms with Crippen molar-refractivity contribution in [3.63, 3.8) is 0 Å². The van der Waals surface area contributed by atoms with Gasteiger partial charge in [0.1, 0.15) is 17.5 Å². The fourth-order valence-electron chi connectivity index (χ4n) is 2.95. The highest BCUT2D eigenvalue weighted by molar-refractivity contribution is 5.84. The van der Waals surface area contributed by atoms with Gasteiger partial charge in [-0.1, -0.05) is 35.9 Å². The number of nitrogen functional groups attached to an aromatic ring is 1. The SMILES string of the molecule is COc1cccc(-c2cc(-c3cccc(C)c3)nc(N)c2C#N)c1OC. The lowest BCUT2D eigenvalue weighted by Gasteiger charge is -2.15. The number of pyridine rings is 1. The molecular weight excluding hydrogens is 326 g/mol. The van der Waals surface area contributed by atoms with Crippen molar-refractivity contribution in [3.8, 4) is 40.0 Å². The van der Waals surface area contributed by atoms with Gasteiger partial charge in [-0.2, -0.15) is 5.26 Å². The van der Waals surface area contributed by atoms with E-state index >= 15 is 0 Å². The van der Waals surface area contributed by atoms with Gasteiger partial charge < -0.3 is 15.2 Å². The topological polar surface area (TPSA) is 81.2 Å². The molecule has 26 heavy (non-hydrogen) atoms. The number of rotatable bonds is 4. The number of para-hydroxylation sites is 1. The molecule has 0 unspecified atom stereocenters. The molecule has 3 aromatic rings. The molecule has 0 saturated carbocycles. The number of aromatic nitrogens is 1. The number of nitrogens with two attached hydrogens (primary N) is 1. The Kier molecular flexibility index (Phi) is 4.76. The smallest absolute Gasteiger partial charge is 0.168 e. The van der Waals surface area contributed by atoms with Crippen LogP contribution in [0.4, 0.5) is 5.82 Å². The fourth-order valence-corrected chi connectivity index (χ4v) is 2.95. The van der Waals surface area contributed by atoms with Crippen molar-refractivity contribution in [2.45, 2.75) is 6.92 Å². The summed E-state index contributed by atoms with van der Waals surface area (Å²) in [5.41, 5.74) is 10.6. The summed E-state index contributed by atoms with van der Waals surface area (Å²) >= 11 is 0. The average Bonchev–Trinajstić information content (AvgIpc) is 2.66. The van der Waals surface area contributed by atoms with Crippen molar-refractivity contribution in [3.05, 3.63) is 59.7 Å². The Hall–Kier alpha value is -3.52. The number of hydrogen-bond acceptors (Lipinski definition) is 5. The van der Waals surface area contributed by atoms with Crippen LogP contribution in [0.2, 0.25) is 0 Å². The van der Waals surface area contributed by atoms with E-state index in [0.29, 0.717) is 28.3 Å². The number of nitrogens with zero attached hydrogens (tertiary/aromatic N) is 2. The zero-order chi connectivity index (χ0) is 18.7. The van der Waals surface area contributed by atoms with E-state index in [9.17, 15) is 5.26 Å². The Bertz CT molecular complexity index is 1010. The number of methoxy groups -OCH3 is 2. The second kappa shape index (κ2) is 7.16. The highest BCUT2D eigenvalue weighted by Gasteiger charge is 2.18. The molecule has 1 aromatic heterocycles. The van der Waals surface area contributed by atoms with Crippen LogP contribution in [0.5, 0.6) is 11.5 Å². The highest BCUT2D eigenvalue weighted by Crippen LogP contribution is 2.41. The van der Waals surface area contributed by atoms with E-state index in [1.165, 1.54) is 0 Å². The quantitative estimate of drug-likeness (QED) is 0.766. The lowest BCUT2D eigenvalue weighted by molar-refractivity contribution is 0.356. The van der Waals surface area contributed by atoms with Crippen molar-refractivity contribution in [1.29, 1.82) is 5.26 Å². The van der Waals surface area contributed by atoms with E-state index < -0.39 is 0 Å². The Morgan fingerprint density at radius 2 is 1.77 bits per heavy atom. The third kappa shape index (κ3) is 3.05. The third-order valence-electron chi connectivity index (χ3n) is 4.17. The van der Waals surface area contributed by atoms with Crippen LogP contribution in [0.15, 0.2) is 48.5 Å². The second-order valence-corrected chi connectivity index (χ2v) is 5.84. The van der Waals surface area contributed by atoms with Gasteiger partial charge >= 0.3 is 0 Å². The number of ether oxygens (including phenoxy) is 2. The predicted octanol–water partition coefficient (Wildman–Crippen LogP) is 4.20. The normalized spacial score (nSPS) is 10.2. The molecular formula is C21H19N3O2. The molecule has 0 bridgehead atoms. The first-order chi connectivity index (χ1) is 12.6. The van der Waals surface area contributed by atoms with Crippen LogP contribution >= 0.6 is 0 Å². The van der Waals surface area contributed by atoms with Gasteiger partial charge in [-0.05, 0) is 25.1 Å². The maximum Gasteiger partial charge on any atom is 0.168 e. The predicted molar refractivity (Wildman–Crippen MR) is 102 cm³/mol. The first-order valence-corrected chi connectivity index (χ1v) is 8.08. The third-order valence-corrected chi connectivity index (χ3v) is 4.17. The van der Waals surface area contributed by atoms with Gasteiger partial charge in [-0.3, -0.25) is 0 Å². The zero-order valence-electron chi connectivity index (χ0n) is 14.9. The zero-order valence-corrected chi connectivity index (χ0v) is 14.9. The van der Waals surface area contributed by atoms with Gasteiger partial charge in [0.25, 0.3) is 0 Å². The van der Waals surface area contributed by atoms with Crippen LogP contribution in [-0.4, -0.2) is 19.2 Å². The molecule has 5 nitrogen and oxygen atoms in total. The van der Waals surface area contributed by atoms with Crippen LogP contribution in [0, 0.1) is 18.3 Å². The minimum absolute atomic E-state index is 0.186. The molecule has 0 aliphatic heterocycles. The molecule has 1 heterocycles. The summed E-state index contributed by atoms with van der Waals surface area (Å²) < 4.78 is 10.9. The van der Waals surface area contributed by atoms with E-state index in [0.717, 1.165) is 16.7 Å². The number of hydrogen-bond donors (Lipinski definition) is 1. The molecule has 5 heteroatoms. The van der Waals surface area contributed by atoms with Gasteiger partial charge in [0, 0.05) is 16.7 Å². The summed E-state index contributed by atoms with van der Waals surface area (Å²) in [6.45, 7) is 2.02. The van der Waals surface area contributed by atoms with Crippen molar-refractivity contribution in [2.24, 2.45) is 0 Å². The highest BCUT2D eigenvalue weighted by atomic mass is 16.5. The van der Waals surface area contributed by atoms with E-state index in [1.807, 2.05) is 49.4 Å². The lowest BCUT2D eigenvalue weighted by Crippen LogP contribution is -2.01. The molecule has 0 radical (unpaired) electrons. The Morgan fingerprint density at radius 1 is 1.00 bits per heavy atom. The summed E-state index contributed by atoms with van der Waals surface area (Å²) in [7, 11) is 3.14. The second-order valence-electron chi connectivity index (χ2n) is 5.84. The average molecular weight is 345 g/mol. The summed E-state index contributed by atoms with van der Waals surface area (Å²) in [6.07, 6.45) is 0. The van der Waals surface area contributed by atoms with Gasteiger partial charge in [0.2, 0.25) is 0 Å². The molecule has 0 fully saturated rings. The minimum atomic E-state index is 0.186. The number of anilines is 1. The van der Waals surface area contributed by atoms with Crippen LogP contribution < -0.4 is 15.2 Å². The van der Waals surface area contributed by atoms with Crippen LogP contribution in [-0.2, 0) is 0 Å². The van der Waals surface area contributed by atoms with Crippen LogP contribution in [0.25, 0.3) is 22.4 Å². The first kappa shape index (κ1) is 17.3. The molecule has 2 N–H and O–H groups in total. The van der Waals surface area contributed by atoms with Gasteiger partial charge in [0.05, 0.1) is 19.9 Å². The van der Waals surface area contributed by atoms with Crippen LogP contribution in [0.3, 0.4) is 0 Å². The maximum atomic E-state index is 9.61. The Balaban J connectivity index is 2.30. The molecule has 0 atom stereocenters. The summed E-state index contributed by atoms with van der Waals surface area (Å²) in [5.74, 6) is 1.32. The molecule has 0 saturated heterocycles. The standard InChI is InChI=1S/C21H19N3O2/c1-13-6-4-7-14(10-13)18-11-16(17(12-22)21(23)24-18)15-8-5-9-19(25-2)20(15)26-3/h4-11H,1-3H3,(H2,23,24). The molecule has 0 spiro atoms. The molecule has 3 rings (SSSR count). The minimum Gasteiger partial charge on any atom is -0.493 e. The van der Waals surface area contributed by atoms with E-state index in [-0.39, 0.29) is 5.82 Å². The van der Waals surface area contributed by atoms with E-state index in [1.54, 1.807) is 20.3 Å². The largest absolute Gasteiger partial charge is 0.493 e. The number of benzene rings is 2. The van der Waals surface area contributed by atoms with Crippen molar-refractivity contribution < 1.29 is 9.47 Å². The van der Waals surface area contributed by atoms with E-state index in [2.05, 4.69) is 11.1 Å². The van der Waals surface area contributed by atoms with Crippen molar-refractivity contribution in [2.75, 3.05) is 20.0 Å². The Morgan fingerprint density at radius 3 is 2.42 bits per heavy atom. The summed E-state index contributed by atoms with van der Waals surface area (Å²) in [6, 6.07) is 17.5. The van der Waals surface area contributed by atoms with Gasteiger partial charge in [-0.25, -0.2) is 4.98 Å². The molecule has 2 aromatic carbocycles. The molecule has 0 aliphatic rings. The van der Waals surface area contributed by atoms with E-state index in [4.69, 9.17) is 15.2 Å². The van der Waals surface area contributed by atoms with Gasteiger partial charge in [-0.15, -0.1) is 0 Å². The van der Waals surface area contributed by atoms with Crippen molar-refractivity contribution >= 4 is 5.82 Å². The maximum absolute atomic E-state index is 9.61. The van der Waals surface area contributed by atoms with Crippen molar-refractivity contribution in [1.82, 2.24) is 4.98 Å². The molecule has 0 amide bonds. The van der Waals surface area contributed by atoms with Gasteiger partial charge in [0.15, 0.2) is 11.5 Å².